The fourth-order valence-corrected chi connectivity index (χ4v) is 2.36. The number of thioether (sulfide) groups is 1. The average Bonchev–Trinajstić information content (AvgIpc) is 2.41. The lowest BCUT2D eigenvalue weighted by molar-refractivity contribution is 0.636. The van der Waals surface area contributed by atoms with Crippen molar-refractivity contribution < 1.29 is 0 Å². The molecule has 0 atom stereocenters. The van der Waals surface area contributed by atoms with Crippen LogP contribution in [0.25, 0.3) is 0 Å². The van der Waals surface area contributed by atoms with Crippen LogP contribution in [-0.2, 0) is 0 Å². The predicted octanol–water partition coefficient (Wildman–Crippen LogP) is 4.34. The van der Waals surface area contributed by atoms with E-state index in [0.29, 0.717) is 0 Å². The zero-order valence-corrected chi connectivity index (χ0v) is 12.3. The molecule has 2 rings (SSSR count). The number of rotatable bonds is 2. The summed E-state index contributed by atoms with van der Waals surface area (Å²) in [6.45, 7) is 2.10. The molecule has 0 radical (unpaired) electrons. The minimum Gasteiger partial charge on any atom is -0.357 e. The first-order valence-electron chi connectivity index (χ1n) is 6.21. The molecule has 0 aliphatic carbocycles. The lowest BCUT2D eigenvalue weighted by Gasteiger charge is -2.15. The van der Waals surface area contributed by atoms with Gasteiger partial charge in [-0.2, -0.15) is 0 Å². The van der Waals surface area contributed by atoms with Crippen LogP contribution in [-0.4, -0.2) is 24.2 Å². The smallest absolute Gasteiger partial charge is 0.168 e. The van der Waals surface area contributed by atoms with Crippen molar-refractivity contribution in [2.45, 2.75) is 11.8 Å². The summed E-state index contributed by atoms with van der Waals surface area (Å²) in [7, 11) is 4.03. The van der Waals surface area contributed by atoms with Gasteiger partial charge >= 0.3 is 0 Å². The van der Waals surface area contributed by atoms with Crippen LogP contribution in [0.3, 0.4) is 0 Å². The lowest BCUT2D eigenvalue weighted by Crippen LogP contribution is -2.18. The molecule has 0 amide bonds. The Morgan fingerprint density at radius 1 is 0.947 bits per heavy atom. The Labute approximate surface area is 119 Å². The average molecular weight is 270 g/mol. The van der Waals surface area contributed by atoms with E-state index in [1.165, 1.54) is 10.5 Å². The van der Waals surface area contributed by atoms with E-state index in [1.807, 2.05) is 49.3 Å². The molecule has 0 unspecified atom stereocenters. The van der Waals surface area contributed by atoms with E-state index in [0.717, 1.165) is 10.9 Å². The van der Waals surface area contributed by atoms with Crippen molar-refractivity contribution >= 4 is 22.6 Å². The molecule has 0 aliphatic heterocycles. The van der Waals surface area contributed by atoms with E-state index in [2.05, 4.69) is 36.2 Å². The Balaban J connectivity index is 2.21. The van der Waals surface area contributed by atoms with Crippen LogP contribution in [0.15, 0.2) is 64.5 Å². The topological polar surface area (TPSA) is 15.6 Å². The maximum absolute atomic E-state index is 4.68. The molecule has 0 aromatic heterocycles. The van der Waals surface area contributed by atoms with E-state index >= 15 is 0 Å². The van der Waals surface area contributed by atoms with Crippen LogP contribution in [0.5, 0.6) is 0 Å². The molecule has 3 heteroatoms. The van der Waals surface area contributed by atoms with Crippen LogP contribution in [0.1, 0.15) is 5.56 Å². The normalized spacial score (nSPS) is 11.4. The van der Waals surface area contributed by atoms with Crippen molar-refractivity contribution in [1.29, 1.82) is 0 Å². The molecule has 0 heterocycles. The maximum Gasteiger partial charge on any atom is 0.168 e. The summed E-state index contributed by atoms with van der Waals surface area (Å²) < 4.78 is 0. The van der Waals surface area contributed by atoms with Crippen LogP contribution >= 0.6 is 11.8 Å². The minimum atomic E-state index is 0.978. The highest BCUT2D eigenvalue weighted by Crippen LogP contribution is 2.23. The van der Waals surface area contributed by atoms with Gasteiger partial charge in [-0.1, -0.05) is 47.7 Å². The molecule has 2 nitrogen and oxygen atoms in total. The molecule has 0 fully saturated rings. The monoisotopic (exact) mass is 270 g/mol. The highest BCUT2D eigenvalue weighted by Gasteiger charge is 2.05. The third-order valence-corrected chi connectivity index (χ3v) is 3.74. The van der Waals surface area contributed by atoms with Crippen molar-refractivity contribution in [2.24, 2.45) is 4.99 Å². The Bertz CT molecular complexity index is 545. The first kappa shape index (κ1) is 13.7. The minimum absolute atomic E-state index is 0.978. The second kappa shape index (κ2) is 6.43. The summed E-state index contributed by atoms with van der Waals surface area (Å²) in [5.41, 5.74) is 2.25. The quantitative estimate of drug-likeness (QED) is 0.458. The van der Waals surface area contributed by atoms with Gasteiger partial charge in [0, 0.05) is 19.0 Å². The maximum atomic E-state index is 4.68. The predicted molar refractivity (Wildman–Crippen MR) is 84.3 cm³/mol. The van der Waals surface area contributed by atoms with Crippen LogP contribution in [0, 0.1) is 6.92 Å². The fraction of sp³-hybridized carbons (Fsp3) is 0.188. The van der Waals surface area contributed by atoms with Crippen LogP contribution in [0.2, 0.25) is 0 Å². The van der Waals surface area contributed by atoms with E-state index in [4.69, 9.17) is 0 Å². The van der Waals surface area contributed by atoms with Crippen molar-refractivity contribution in [3.05, 3.63) is 60.2 Å². The summed E-state index contributed by atoms with van der Waals surface area (Å²) in [4.78, 5) is 7.92. The summed E-state index contributed by atoms with van der Waals surface area (Å²) >= 11 is 1.68. The zero-order valence-electron chi connectivity index (χ0n) is 11.5. The molecule has 2 aromatic rings. The second-order valence-electron chi connectivity index (χ2n) is 4.54. The molecule has 0 saturated carbocycles. The van der Waals surface area contributed by atoms with Crippen molar-refractivity contribution in [2.75, 3.05) is 14.1 Å². The highest BCUT2D eigenvalue weighted by atomic mass is 32.2. The number of hydrogen-bond acceptors (Lipinski definition) is 2. The van der Waals surface area contributed by atoms with Gasteiger partial charge in [0.2, 0.25) is 0 Å². The molecule has 0 N–H and O–H groups in total. The van der Waals surface area contributed by atoms with Gasteiger partial charge in [0.05, 0.1) is 5.69 Å². The number of aryl methyl sites for hydroxylation is 1. The zero-order chi connectivity index (χ0) is 13.7. The Morgan fingerprint density at radius 3 is 2.16 bits per heavy atom. The largest absolute Gasteiger partial charge is 0.357 e. The number of para-hydroxylation sites is 1. The van der Waals surface area contributed by atoms with E-state index in [-0.39, 0.29) is 0 Å². The molecule has 2 aromatic carbocycles. The number of benzene rings is 2. The molecular formula is C16H18N2S. The van der Waals surface area contributed by atoms with Gasteiger partial charge in [-0.3, -0.25) is 0 Å². The standard InChI is InChI=1S/C16H18N2S/c1-13-9-11-15(12-10-13)19-16(18(2)3)17-14-7-5-4-6-8-14/h4-12H,1-3H3. The van der Waals surface area contributed by atoms with Gasteiger partial charge in [0.25, 0.3) is 0 Å². The molecule has 0 saturated heterocycles. The van der Waals surface area contributed by atoms with Crippen molar-refractivity contribution in [3.63, 3.8) is 0 Å². The number of nitrogens with zero attached hydrogens (tertiary/aromatic N) is 2. The fourth-order valence-electron chi connectivity index (χ4n) is 1.54. The van der Waals surface area contributed by atoms with E-state index < -0.39 is 0 Å². The third kappa shape index (κ3) is 4.14. The van der Waals surface area contributed by atoms with Gasteiger partial charge in [0.1, 0.15) is 0 Å². The van der Waals surface area contributed by atoms with E-state index in [9.17, 15) is 0 Å². The van der Waals surface area contributed by atoms with Crippen LogP contribution < -0.4 is 0 Å². The molecule has 98 valence electrons. The first-order chi connectivity index (χ1) is 9.15. The Kier molecular flexibility index (Phi) is 4.63. The highest BCUT2D eigenvalue weighted by molar-refractivity contribution is 8.13. The number of aliphatic imine (C=N–C) groups is 1. The van der Waals surface area contributed by atoms with Gasteiger partial charge in [0.15, 0.2) is 5.17 Å². The molecular weight excluding hydrogens is 252 g/mol. The molecule has 0 aliphatic rings. The van der Waals surface area contributed by atoms with Crippen molar-refractivity contribution in [3.8, 4) is 0 Å². The van der Waals surface area contributed by atoms with Gasteiger partial charge in [-0.05, 0) is 31.2 Å². The van der Waals surface area contributed by atoms with E-state index in [1.54, 1.807) is 11.8 Å². The first-order valence-corrected chi connectivity index (χ1v) is 7.02. The lowest BCUT2D eigenvalue weighted by atomic mass is 10.2. The molecule has 0 bridgehead atoms. The SMILES string of the molecule is Cc1ccc(SC(=Nc2ccccc2)N(C)C)cc1. The van der Waals surface area contributed by atoms with Gasteiger partial charge < -0.3 is 4.90 Å². The Hall–Kier alpha value is -1.74. The molecule has 0 spiro atoms. The molecule has 19 heavy (non-hydrogen) atoms. The Morgan fingerprint density at radius 2 is 1.58 bits per heavy atom. The summed E-state index contributed by atoms with van der Waals surface area (Å²) in [5, 5.41) is 0.982. The third-order valence-electron chi connectivity index (χ3n) is 2.59. The van der Waals surface area contributed by atoms with Crippen molar-refractivity contribution in [1.82, 2.24) is 4.90 Å². The van der Waals surface area contributed by atoms with Gasteiger partial charge in [-0.15, -0.1) is 0 Å². The van der Waals surface area contributed by atoms with Crippen LogP contribution in [0.4, 0.5) is 5.69 Å². The summed E-state index contributed by atoms with van der Waals surface area (Å²) in [5.74, 6) is 0. The van der Waals surface area contributed by atoms with Gasteiger partial charge in [-0.25, -0.2) is 4.99 Å². The summed E-state index contributed by atoms with van der Waals surface area (Å²) in [6.07, 6.45) is 0. The number of hydrogen-bond donors (Lipinski definition) is 0. The number of amidine groups is 1. The second-order valence-corrected chi connectivity index (χ2v) is 5.58. The summed E-state index contributed by atoms with van der Waals surface area (Å²) in [6, 6.07) is 18.5.